The van der Waals surface area contributed by atoms with E-state index in [0.717, 1.165) is 30.6 Å². The zero-order chi connectivity index (χ0) is 17.4. The molecule has 1 heterocycles. The van der Waals surface area contributed by atoms with E-state index in [4.69, 9.17) is 0 Å². The molecule has 0 radical (unpaired) electrons. The average Bonchev–Trinajstić information content (AvgIpc) is 3.16. The molecule has 1 unspecified atom stereocenters. The number of benzene rings is 2. The smallest absolute Gasteiger partial charge is 0.135 e. The minimum Gasteiger partial charge on any atom is -0.333 e. The van der Waals surface area contributed by atoms with Gasteiger partial charge >= 0.3 is 0 Å². The van der Waals surface area contributed by atoms with Gasteiger partial charge in [-0.15, -0.1) is 0 Å². The molecule has 3 rings (SSSR count). The van der Waals surface area contributed by atoms with Crippen LogP contribution in [-0.2, 0) is 10.2 Å². The third-order valence-corrected chi connectivity index (χ3v) is 6.78. The van der Waals surface area contributed by atoms with Gasteiger partial charge in [0.2, 0.25) is 0 Å². The van der Waals surface area contributed by atoms with Crippen molar-refractivity contribution in [3.8, 4) is 0 Å². The summed E-state index contributed by atoms with van der Waals surface area (Å²) >= 11 is 2.32. The fraction of sp³-hybridized carbons (Fsp3) is 0.316. The lowest BCUT2D eigenvalue weighted by atomic mass is 9.66. The summed E-state index contributed by atoms with van der Waals surface area (Å²) < 4.78 is 2.34. The van der Waals surface area contributed by atoms with Crippen molar-refractivity contribution in [3.63, 3.8) is 0 Å². The van der Waals surface area contributed by atoms with Gasteiger partial charge in [-0.1, -0.05) is 60.7 Å². The largest absolute Gasteiger partial charge is 0.333 e. The second-order valence-electron chi connectivity index (χ2n) is 5.66. The van der Waals surface area contributed by atoms with Crippen molar-refractivity contribution in [2.75, 3.05) is 20.1 Å². The number of carbonyl (C=O) groups is 1. The molecule has 0 spiro atoms. The number of aldehydes is 1. The van der Waals surface area contributed by atoms with E-state index in [0.29, 0.717) is 5.92 Å². The highest BCUT2D eigenvalue weighted by Crippen LogP contribution is 2.43. The van der Waals surface area contributed by atoms with E-state index >= 15 is 0 Å². The summed E-state index contributed by atoms with van der Waals surface area (Å²) in [5, 5.41) is 0. The zero-order valence-electron chi connectivity index (χ0n) is 13.8. The molecule has 1 aliphatic rings. The lowest BCUT2D eigenvalue weighted by Crippen LogP contribution is -2.39. The lowest BCUT2D eigenvalue weighted by Gasteiger charge is -2.35. The zero-order valence-corrected chi connectivity index (χ0v) is 16.7. The highest BCUT2D eigenvalue weighted by molar-refractivity contribution is 14.2. The molecular weight excluding hydrogens is 431 g/mol. The van der Waals surface area contributed by atoms with Gasteiger partial charge in [0, 0.05) is 34.3 Å². The summed E-state index contributed by atoms with van der Waals surface area (Å²) in [5.41, 5.74) is 6.15. The highest BCUT2D eigenvalue weighted by Gasteiger charge is 2.45. The van der Waals surface area contributed by atoms with E-state index in [1.54, 1.807) is 9.12 Å². The molecule has 5 heteroatoms. The Hall–Kier alpha value is -0.890. The number of hydrogen-bond donors (Lipinski definition) is 1. The first-order valence-corrected chi connectivity index (χ1v) is 11.3. The van der Waals surface area contributed by atoms with Crippen molar-refractivity contribution < 1.29 is 4.79 Å². The fourth-order valence-corrected chi connectivity index (χ4v) is 4.94. The maximum absolute atomic E-state index is 12.4. The van der Waals surface area contributed by atoms with E-state index in [1.807, 2.05) is 36.4 Å². The Labute approximate surface area is 160 Å². The van der Waals surface area contributed by atoms with Crippen LogP contribution >= 0.6 is 30.3 Å². The molecule has 2 aromatic rings. The van der Waals surface area contributed by atoms with Crippen molar-refractivity contribution >= 4 is 36.6 Å². The van der Waals surface area contributed by atoms with Crippen LogP contribution in [0.5, 0.6) is 0 Å². The summed E-state index contributed by atoms with van der Waals surface area (Å²) in [6.07, 6.45) is 2.21. The quantitative estimate of drug-likeness (QED) is 0.421. The molecular formula is C19H23IN2OS. The summed E-state index contributed by atoms with van der Waals surface area (Å²) in [6.45, 7) is 1.98. The molecule has 0 saturated carbocycles. The number of nitrogens with zero attached hydrogens (tertiary/aromatic N) is 1. The number of nitrogens with two attached hydrogens (primary N) is 1. The Bertz CT molecular complexity index is 584. The molecule has 1 aliphatic heterocycles. The van der Waals surface area contributed by atoms with Crippen LogP contribution in [0.1, 0.15) is 17.5 Å². The SMILES string of the molecule is CN.O=CC(c1ccccc1)(c1ccccc1)C1CCN(SI)C1. The maximum Gasteiger partial charge on any atom is 0.135 e. The Morgan fingerprint density at radius 1 is 1.08 bits per heavy atom. The van der Waals surface area contributed by atoms with Crippen LogP contribution in [0.25, 0.3) is 0 Å². The highest BCUT2D eigenvalue weighted by atomic mass is 127. The molecule has 2 N–H and O–H groups in total. The molecule has 0 bridgehead atoms. The standard InChI is InChI=1S/C18H18INOS.CH5N/c19-22-20-12-11-17(13-20)18(14-21,15-7-3-1-4-8-15)16-9-5-2-6-10-16;1-2/h1-10,14,17H,11-13H2;2H2,1H3. The normalized spacial score (nSPS) is 17.9. The number of hydrogen-bond acceptors (Lipinski definition) is 4. The van der Waals surface area contributed by atoms with Crippen molar-refractivity contribution in [2.24, 2.45) is 11.7 Å². The summed E-state index contributed by atoms with van der Waals surface area (Å²) in [4.78, 5) is 12.4. The molecule has 0 aliphatic carbocycles. The third kappa shape index (κ3) is 3.85. The minimum absolute atomic E-state index is 0.303. The van der Waals surface area contributed by atoms with Gasteiger partial charge in [-0.05, 0) is 39.6 Å². The molecule has 3 nitrogen and oxygen atoms in total. The van der Waals surface area contributed by atoms with Crippen LogP contribution in [-0.4, -0.2) is 30.7 Å². The van der Waals surface area contributed by atoms with Crippen LogP contribution in [0.15, 0.2) is 60.7 Å². The number of rotatable bonds is 5. The van der Waals surface area contributed by atoms with E-state index in [2.05, 4.69) is 55.5 Å². The minimum atomic E-state index is -0.552. The van der Waals surface area contributed by atoms with Gasteiger partial charge in [0.1, 0.15) is 6.29 Å². The van der Waals surface area contributed by atoms with Gasteiger partial charge in [-0.3, -0.25) is 0 Å². The molecule has 1 saturated heterocycles. The first-order valence-electron chi connectivity index (χ1n) is 8.00. The second kappa shape index (κ2) is 9.56. The van der Waals surface area contributed by atoms with Gasteiger partial charge in [0.15, 0.2) is 0 Å². The Morgan fingerprint density at radius 3 is 1.96 bits per heavy atom. The van der Waals surface area contributed by atoms with Gasteiger partial charge in [0.05, 0.1) is 5.41 Å². The molecule has 2 aromatic carbocycles. The predicted octanol–water partition coefficient (Wildman–Crippen LogP) is 4.07. The third-order valence-electron chi connectivity index (χ3n) is 4.58. The van der Waals surface area contributed by atoms with E-state index in [9.17, 15) is 4.79 Å². The van der Waals surface area contributed by atoms with Crippen molar-refractivity contribution in [3.05, 3.63) is 71.8 Å². The van der Waals surface area contributed by atoms with Crippen LogP contribution in [0.3, 0.4) is 0 Å². The van der Waals surface area contributed by atoms with E-state index in [1.165, 1.54) is 13.3 Å². The maximum atomic E-state index is 12.4. The first-order chi connectivity index (χ1) is 11.8. The molecule has 0 aromatic heterocycles. The van der Waals surface area contributed by atoms with Gasteiger partial charge in [0.25, 0.3) is 0 Å². The van der Waals surface area contributed by atoms with Gasteiger partial charge < -0.3 is 10.5 Å². The van der Waals surface area contributed by atoms with E-state index < -0.39 is 5.41 Å². The Morgan fingerprint density at radius 2 is 1.58 bits per heavy atom. The second-order valence-corrected chi connectivity index (χ2v) is 7.50. The fourth-order valence-electron chi connectivity index (χ4n) is 3.46. The topological polar surface area (TPSA) is 46.3 Å². The molecule has 24 heavy (non-hydrogen) atoms. The predicted molar refractivity (Wildman–Crippen MR) is 111 cm³/mol. The van der Waals surface area contributed by atoms with E-state index in [-0.39, 0.29) is 0 Å². The number of halogens is 1. The van der Waals surface area contributed by atoms with Crippen LogP contribution in [0.4, 0.5) is 0 Å². The van der Waals surface area contributed by atoms with Crippen LogP contribution in [0, 0.1) is 5.92 Å². The summed E-state index contributed by atoms with van der Waals surface area (Å²) in [6, 6.07) is 20.4. The first kappa shape index (κ1) is 19.4. The molecule has 0 amide bonds. The van der Waals surface area contributed by atoms with Crippen molar-refractivity contribution in [1.29, 1.82) is 0 Å². The Kier molecular flexibility index (Phi) is 7.74. The summed E-state index contributed by atoms with van der Waals surface area (Å²) in [7, 11) is 3.24. The molecule has 128 valence electrons. The monoisotopic (exact) mass is 454 g/mol. The number of carbonyl (C=O) groups excluding carboxylic acids is 1. The lowest BCUT2D eigenvalue weighted by molar-refractivity contribution is -0.112. The Balaban J connectivity index is 0.00000100. The van der Waals surface area contributed by atoms with Crippen LogP contribution in [0.2, 0.25) is 0 Å². The average molecular weight is 454 g/mol. The van der Waals surface area contributed by atoms with Gasteiger partial charge in [-0.2, -0.15) is 0 Å². The molecule has 1 atom stereocenters. The van der Waals surface area contributed by atoms with Crippen molar-refractivity contribution in [2.45, 2.75) is 11.8 Å². The van der Waals surface area contributed by atoms with Gasteiger partial charge in [-0.25, -0.2) is 4.31 Å². The van der Waals surface area contributed by atoms with Crippen LogP contribution < -0.4 is 5.73 Å². The summed E-state index contributed by atoms with van der Waals surface area (Å²) in [5.74, 6) is 0.303. The van der Waals surface area contributed by atoms with Crippen molar-refractivity contribution in [1.82, 2.24) is 4.31 Å². The molecule has 1 fully saturated rings.